The Hall–Kier alpha value is -1.44. The highest BCUT2D eigenvalue weighted by Crippen LogP contribution is 2.27. The number of benzene rings is 1. The highest BCUT2D eigenvalue weighted by molar-refractivity contribution is 7.89. The van der Waals surface area contributed by atoms with E-state index in [1.165, 1.54) is 0 Å². The molecule has 7 heteroatoms. The van der Waals surface area contributed by atoms with Crippen molar-refractivity contribution in [2.75, 3.05) is 19.6 Å². The smallest absolute Gasteiger partial charge is 0.254 e. The number of hydrogen-bond donors (Lipinski definition) is 1. The van der Waals surface area contributed by atoms with Gasteiger partial charge in [-0.1, -0.05) is 12.5 Å². The molecule has 2 fully saturated rings. The zero-order chi connectivity index (χ0) is 18.9. The Labute approximate surface area is 156 Å². The van der Waals surface area contributed by atoms with Crippen LogP contribution in [0.4, 0.5) is 0 Å². The standard InChI is InChI=1S/C19H29N3O3S/c1-14-8-9-17(26(24,25)22-11-4-3-6-15(22)2)12-18(14)19(23)21-10-5-7-16(20)13-21/h8-9,12,15-16H,3-7,10-11,13,20H2,1-2H3. The van der Waals surface area contributed by atoms with Crippen LogP contribution in [0.2, 0.25) is 0 Å². The molecule has 0 spiro atoms. The molecular formula is C19H29N3O3S. The summed E-state index contributed by atoms with van der Waals surface area (Å²) < 4.78 is 27.8. The maximum Gasteiger partial charge on any atom is 0.254 e. The van der Waals surface area contributed by atoms with E-state index in [2.05, 4.69) is 0 Å². The predicted molar refractivity (Wildman–Crippen MR) is 101 cm³/mol. The lowest BCUT2D eigenvalue weighted by Crippen LogP contribution is -2.46. The van der Waals surface area contributed by atoms with Crippen LogP contribution in [0.5, 0.6) is 0 Å². The third-order valence-electron chi connectivity index (χ3n) is 5.53. The number of amides is 1. The van der Waals surface area contributed by atoms with Gasteiger partial charge in [-0.2, -0.15) is 4.31 Å². The second kappa shape index (κ2) is 7.66. The van der Waals surface area contributed by atoms with Crippen molar-refractivity contribution in [2.24, 2.45) is 5.73 Å². The van der Waals surface area contributed by atoms with E-state index in [0.29, 0.717) is 25.2 Å². The van der Waals surface area contributed by atoms with Crippen molar-refractivity contribution in [1.29, 1.82) is 0 Å². The number of piperidine rings is 2. The zero-order valence-corrected chi connectivity index (χ0v) is 16.5. The molecule has 2 atom stereocenters. The molecule has 1 aromatic rings. The number of carbonyl (C=O) groups excluding carboxylic acids is 1. The quantitative estimate of drug-likeness (QED) is 0.872. The van der Waals surface area contributed by atoms with Crippen LogP contribution in [0.25, 0.3) is 0 Å². The molecule has 0 radical (unpaired) electrons. The summed E-state index contributed by atoms with van der Waals surface area (Å²) in [5.74, 6) is -0.124. The number of hydrogen-bond acceptors (Lipinski definition) is 4. The van der Waals surface area contributed by atoms with Gasteiger partial charge in [0.2, 0.25) is 10.0 Å². The lowest BCUT2D eigenvalue weighted by molar-refractivity contribution is 0.0708. The Kier molecular flexibility index (Phi) is 5.69. The SMILES string of the molecule is Cc1ccc(S(=O)(=O)N2CCCCC2C)cc1C(=O)N1CCCC(N)C1. The molecule has 1 aromatic carbocycles. The fraction of sp³-hybridized carbons (Fsp3) is 0.632. The Morgan fingerprint density at radius 3 is 2.62 bits per heavy atom. The fourth-order valence-corrected chi connectivity index (χ4v) is 5.65. The van der Waals surface area contributed by atoms with Gasteiger partial charge in [0.25, 0.3) is 5.91 Å². The van der Waals surface area contributed by atoms with E-state index >= 15 is 0 Å². The lowest BCUT2D eigenvalue weighted by atomic mass is 10.0. The van der Waals surface area contributed by atoms with Crippen molar-refractivity contribution in [3.05, 3.63) is 29.3 Å². The van der Waals surface area contributed by atoms with Gasteiger partial charge in [-0.3, -0.25) is 4.79 Å². The van der Waals surface area contributed by atoms with Gasteiger partial charge in [0.05, 0.1) is 4.90 Å². The van der Waals surface area contributed by atoms with Crippen LogP contribution in [-0.2, 0) is 10.0 Å². The second-order valence-corrected chi connectivity index (χ2v) is 9.48. The number of rotatable bonds is 3. The minimum Gasteiger partial charge on any atom is -0.337 e. The maximum absolute atomic E-state index is 13.1. The maximum atomic E-state index is 13.1. The van der Waals surface area contributed by atoms with Crippen LogP contribution in [-0.4, -0.2) is 55.2 Å². The van der Waals surface area contributed by atoms with Crippen molar-refractivity contribution in [3.8, 4) is 0 Å². The average Bonchev–Trinajstić information content (AvgIpc) is 2.61. The van der Waals surface area contributed by atoms with Gasteiger partial charge < -0.3 is 10.6 Å². The first kappa shape index (κ1) is 19.3. The molecular weight excluding hydrogens is 350 g/mol. The Bertz CT molecular complexity index is 778. The minimum absolute atomic E-state index is 0.00528. The summed E-state index contributed by atoms with van der Waals surface area (Å²) in [5.41, 5.74) is 7.25. The number of aryl methyl sites for hydroxylation is 1. The number of nitrogens with zero attached hydrogens (tertiary/aromatic N) is 2. The lowest BCUT2D eigenvalue weighted by Gasteiger charge is -2.33. The summed E-state index contributed by atoms with van der Waals surface area (Å²) in [6.07, 6.45) is 4.62. The molecule has 1 amide bonds. The first-order valence-corrected chi connectivity index (χ1v) is 10.9. The summed E-state index contributed by atoms with van der Waals surface area (Å²) in [6.45, 7) is 5.54. The van der Waals surface area contributed by atoms with E-state index in [4.69, 9.17) is 5.73 Å². The number of carbonyl (C=O) groups is 1. The molecule has 2 unspecified atom stereocenters. The van der Waals surface area contributed by atoms with Crippen LogP contribution < -0.4 is 5.73 Å². The number of likely N-dealkylation sites (tertiary alicyclic amines) is 1. The van der Waals surface area contributed by atoms with Crippen LogP contribution in [0.1, 0.15) is 54.9 Å². The summed E-state index contributed by atoms with van der Waals surface area (Å²) >= 11 is 0. The first-order chi connectivity index (χ1) is 12.3. The molecule has 0 saturated carbocycles. The molecule has 2 saturated heterocycles. The molecule has 6 nitrogen and oxygen atoms in total. The summed E-state index contributed by atoms with van der Waals surface area (Å²) in [6, 6.07) is 4.89. The molecule has 2 aliphatic heterocycles. The van der Waals surface area contributed by atoms with Crippen molar-refractivity contribution in [2.45, 2.75) is 62.9 Å². The minimum atomic E-state index is -3.59. The topological polar surface area (TPSA) is 83.7 Å². The van der Waals surface area contributed by atoms with Gasteiger partial charge in [0, 0.05) is 37.3 Å². The van der Waals surface area contributed by atoms with Crippen LogP contribution in [0, 0.1) is 6.92 Å². The molecule has 2 heterocycles. The molecule has 0 bridgehead atoms. The van der Waals surface area contributed by atoms with Crippen LogP contribution in [0.3, 0.4) is 0 Å². The van der Waals surface area contributed by atoms with Crippen molar-refractivity contribution >= 4 is 15.9 Å². The third-order valence-corrected chi connectivity index (χ3v) is 7.54. The van der Waals surface area contributed by atoms with E-state index in [9.17, 15) is 13.2 Å². The average molecular weight is 380 g/mol. The predicted octanol–water partition coefficient (Wildman–Crippen LogP) is 2.12. The van der Waals surface area contributed by atoms with Crippen molar-refractivity contribution in [3.63, 3.8) is 0 Å². The third kappa shape index (κ3) is 3.80. The van der Waals surface area contributed by atoms with E-state index in [1.807, 2.05) is 13.8 Å². The van der Waals surface area contributed by atoms with Gasteiger partial charge in [0.15, 0.2) is 0 Å². The Morgan fingerprint density at radius 2 is 1.92 bits per heavy atom. The van der Waals surface area contributed by atoms with Crippen molar-refractivity contribution in [1.82, 2.24) is 9.21 Å². The number of sulfonamides is 1. The van der Waals surface area contributed by atoms with Gasteiger partial charge in [-0.15, -0.1) is 0 Å². The summed E-state index contributed by atoms with van der Waals surface area (Å²) in [4.78, 5) is 14.9. The number of nitrogens with two attached hydrogens (primary N) is 1. The second-order valence-electron chi connectivity index (χ2n) is 7.59. The largest absolute Gasteiger partial charge is 0.337 e. The van der Waals surface area contributed by atoms with Crippen molar-refractivity contribution < 1.29 is 13.2 Å². The van der Waals surface area contributed by atoms with E-state index in [0.717, 1.165) is 37.7 Å². The molecule has 2 aliphatic rings. The molecule has 26 heavy (non-hydrogen) atoms. The van der Waals surface area contributed by atoms with Gasteiger partial charge in [-0.25, -0.2) is 8.42 Å². The molecule has 3 rings (SSSR count). The van der Waals surface area contributed by atoms with Crippen LogP contribution in [0.15, 0.2) is 23.1 Å². The zero-order valence-electron chi connectivity index (χ0n) is 15.6. The van der Waals surface area contributed by atoms with Gasteiger partial charge in [0.1, 0.15) is 0 Å². The summed E-state index contributed by atoms with van der Waals surface area (Å²) in [7, 11) is -3.59. The highest BCUT2D eigenvalue weighted by Gasteiger charge is 2.32. The Morgan fingerprint density at radius 1 is 1.15 bits per heavy atom. The van der Waals surface area contributed by atoms with Gasteiger partial charge >= 0.3 is 0 Å². The summed E-state index contributed by atoms with van der Waals surface area (Å²) in [5, 5.41) is 0. The van der Waals surface area contributed by atoms with E-state index in [1.54, 1.807) is 27.4 Å². The monoisotopic (exact) mass is 379 g/mol. The molecule has 0 aromatic heterocycles. The Balaban J connectivity index is 1.91. The van der Waals surface area contributed by atoms with Gasteiger partial charge in [-0.05, 0) is 57.2 Å². The first-order valence-electron chi connectivity index (χ1n) is 9.48. The highest BCUT2D eigenvalue weighted by atomic mass is 32.2. The van der Waals surface area contributed by atoms with E-state index in [-0.39, 0.29) is 22.9 Å². The molecule has 2 N–H and O–H groups in total. The normalized spacial score (nSPS) is 25.3. The van der Waals surface area contributed by atoms with E-state index < -0.39 is 10.0 Å². The fourth-order valence-electron chi connectivity index (χ4n) is 3.92. The molecule has 0 aliphatic carbocycles. The molecule has 144 valence electrons. The van der Waals surface area contributed by atoms with Crippen LogP contribution >= 0.6 is 0 Å².